The van der Waals surface area contributed by atoms with Crippen molar-refractivity contribution in [2.24, 2.45) is 29.4 Å². The summed E-state index contributed by atoms with van der Waals surface area (Å²) in [6.07, 6.45) is -0.294. The minimum atomic E-state index is -0.785. The molecule has 13 nitrogen and oxygen atoms in total. The lowest BCUT2D eigenvalue weighted by Crippen LogP contribution is -2.59. The molecule has 3 rings (SSSR count). The van der Waals surface area contributed by atoms with Crippen LogP contribution in [0.25, 0.3) is 10.8 Å². The number of methoxy groups -OCH3 is 2. The zero-order valence-electron chi connectivity index (χ0n) is 35.7. The maximum absolute atomic E-state index is 14.3. The standard InChI is InChI=1S/C43H68N6O7/c1-13-27(6)39(48(10)43(54)37(25(2)3)46-42(53)38(26(4)5)47(8)9)35(55-11)22-36(51)49-24-32(44)21-33(49)40(56-12)28(7)41(52)45-23-34(50)31-19-18-29-16-14-15-17-30(29)20-31/h14-20,25-28,32-33,35,37-40H,13,21-24,44H2,1-12H3,(H,45,52)(H,46,53)/t27-,28+,32-,33-,35+,37-,38-,39-,40+/m0/s1. The summed E-state index contributed by atoms with van der Waals surface area (Å²) < 4.78 is 11.9. The molecule has 1 aliphatic heterocycles. The molecule has 1 saturated heterocycles. The summed E-state index contributed by atoms with van der Waals surface area (Å²) in [5.74, 6) is -2.22. The summed E-state index contributed by atoms with van der Waals surface area (Å²) in [6.45, 7) is 13.6. The molecule has 1 aliphatic rings. The topological polar surface area (TPSA) is 164 Å². The van der Waals surface area contributed by atoms with Crippen LogP contribution in [0.15, 0.2) is 42.5 Å². The summed E-state index contributed by atoms with van der Waals surface area (Å²) in [6, 6.07) is 10.7. The molecule has 1 fully saturated rings. The Morgan fingerprint density at radius 1 is 0.893 bits per heavy atom. The van der Waals surface area contributed by atoms with E-state index in [0.29, 0.717) is 18.4 Å². The zero-order chi connectivity index (χ0) is 42.0. The lowest BCUT2D eigenvalue weighted by Gasteiger charge is -2.41. The van der Waals surface area contributed by atoms with Gasteiger partial charge in [0, 0.05) is 39.4 Å². The number of carbonyl (C=O) groups is 5. The fraction of sp³-hybridized carbons (Fsp3) is 0.651. The second kappa shape index (κ2) is 21.0. The second-order valence-corrected chi connectivity index (χ2v) is 16.5. The number of fused-ring (bicyclic) bond motifs is 1. The van der Waals surface area contributed by atoms with Gasteiger partial charge in [-0.25, -0.2) is 0 Å². The Morgan fingerprint density at radius 3 is 2.09 bits per heavy atom. The third-order valence-electron chi connectivity index (χ3n) is 11.5. The van der Waals surface area contributed by atoms with E-state index in [0.717, 1.165) is 10.8 Å². The number of rotatable bonds is 20. The Kier molecular flexibility index (Phi) is 17.4. The molecule has 2 aromatic rings. The van der Waals surface area contributed by atoms with Crippen molar-refractivity contribution in [2.45, 2.75) is 110 Å². The third-order valence-corrected chi connectivity index (χ3v) is 11.5. The summed E-state index contributed by atoms with van der Waals surface area (Å²) in [5.41, 5.74) is 6.95. The highest BCUT2D eigenvalue weighted by molar-refractivity contribution is 6.02. The molecule has 0 spiro atoms. The molecular formula is C43H68N6O7. The molecule has 0 aromatic heterocycles. The lowest BCUT2D eigenvalue weighted by molar-refractivity contribution is -0.148. The first-order valence-electron chi connectivity index (χ1n) is 20.0. The highest BCUT2D eigenvalue weighted by Gasteiger charge is 2.45. The summed E-state index contributed by atoms with van der Waals surface area (Å²) in [5, 5.41) is 7.76. The van der Waals surface area contributed by atoms with Gasteiger partial charge in [-0.3, -0.25) is 28.9 Å². The van der Waals surface area contributed by atoms with E-state index in [2.05, 4.69) is 10.6 Å². The number of Topliss-reactive ketones (excluding diaryl/α,β-unsaturated/α-hetero) is 1. The van der Waals surface area contributed by atoms with E-state index in [-0.39, 0.29) is 72.7 Å². The molecule has 0 aliphatic carbocycles. The van der Waals surface area contributed by atoms with Gasteiger partial charge >= 0.3 is 0 Å². The lowest BCUT2D eigenvalue weighted by atomic mass is 9.89. The Morgan fingerprint density at radius 2 is 1.54 bits per heavy atom. The van der Waals surface area contributed by atoms with E-state index in [9.17, 15) is 24.0 Å². The minimum Gasteiger partial charge on any atom is -0.379 e. The maximum atomic E-state index is 14.3. The van der Waals surface area contributed by atoms with Gasteiger partial charge in [0.1, 0.15) is 6.04 Å². The first kappa shape index (κ1) is 46.5. The van der Waals surface area contributed by atoms with E-state index in [1.54, 1.807) is 29.8 Å². The van der Waals surface area contributed by atoms with Crippen LogP contribution in [0.2, 0.25) is 0 Å². The van der Waals surface area contributed by atoms with Crippen LogP contribution in [0.5, 0.6) is 0 Å². The van der Waals surface area contributed by atoms with Crippen molar-refractivity contribution in [3.8, 4) is 0 Å². The quantitative estimate of drug-likeness (QED) is 0.170. The fourth-order valence-electron chi connectivity index (χ4n) is 8.26. The molecular weight excluding hydrogens is 713 g/mol. The average Bonchev–Trinajstić information content (AvgIpc) is 3.55. The van der Waals surface area contributed by atoms with Crippen LogP contribution >= 0.6 is 0 Å². The van der Waals surface area contributed by atoms with Gasteiger partial charge in [0.25, 0.3) is 0 Å². The predicted octanol–water partition coefficient (Wildman–Crippen LogP) is 3.72. The number of hydrogen-bond donors (Lipinski definition) is 3. The molecule has 9 atom stereocenters. The zero-order valence-corrected chi connectivity index (χ0v) is 35.7. The first-order chi connectivity index (χ1) is 26.4. The summed E-state index contributed by atoms with van der Waals surface area (Å²) in [7, 11) is 8.45. The van der Waals surface area contributed by atoms with E-state index >= 15 is 0 Å². The molecule has 0 saturated carbocycles. The molecule has 4 N–H and O–H groups in total. The number of carbonyl (C=O) groups excluding carboxylic acids is 5. The average molecular weight is 781 g/mol. The summed E-state index contributed by atoms with van der Waals surface area (Å²) in [4.78, 5) is 73.7. The van der Waals surface area contributed by atoms with Gasteiger partial charge in [-0.1, -0.05) is 91.3 Å². The smallest absolute Gasteiger partial charge is 0.245 e. The van der Waals surface area contributed by atoms with Crippen LogP contribution in [0.4, 0.5) is 0 Å². The van der Waals surface area contributed by atoms with Crippen LogP contribution in [-0.4, -0.2) is 135 Å². The van der Waals surface area contributed by atoms with Gasteiger partial charge < -0.3 is 35.6 Å². The highest BCUT2D eigenvalue weighted by atomic mass is 16.5. The van der Waals surface area contributed by atoms with Gasteiger partial charge in [-0.05, 0) is 55.1 Å². The molecule has 2 aromatic carbocycles. The maximum Gasteiger partial charge on any atom is 0.245 e. The van der Waals surface area contributed by atoms with Crippen LogP contribution in [-0.2, 0) is 28.7 Å². The molecule has 4 amide bonds. The monoisotopic (exact) mass is 781 g/mol. The molecule has 312 valence electrons. The highest BCUT2D eigenvalue weighted by Crippen LogP contribution is 2.29. The van der Waals surface area contributed by atoms with Crippen molar-refractivity contribution in [1.29, 1.82) is 0 Å². The molecule has 13 heteroatoms. The van der Waals surface area contributed by atoms with Crippen LogP contribution in [0.1, 0.15) is 78.1 Å². The Hall–Kier alpha value is -3.91. The van der Waals surface area contributed by atoms with Crippen molar-refractivity contribution in [1.82, 2.24) is 25.3 Å². The van der Waals surface area contributed by atoms with Gasteiger partial charge in [0.2, 0.25) is 23.6 Å². The number of nitrogens with zero attached hydrogens (tertiary/aromatic N) is 3. The van der Waals surface area contributed by atoms with Crippen molar-refractivity contribution in [2.75, 3.05) is 48.5 Å². The Balaban J connectivity index is 1.77. The second-order valence-electron chi connectivity index (χ2n) is 16.5. The van der Waals surface area contributed by atoms with Crippen molar-refractivity contribution < 1.29 is 33.4 Å². The number of ether oxygens (including phenoxy) is 2. The molecule has 1 heterocycles. The number of ketones is 1. The number of likely N-dealkylation sites (tertiary alicyclic amines) is 1. The number of hydrogen-bond acceptors (Lipinski definition) is 9. The predicted molar refractivity (Wildman–Crippen MR) is 220 cm³/mol. The normalized spacial score (nSPS) is 19.7. The number of likely N-dealkylation sites (N-methyl/N-ethyl adjacent to an activating group) is 2. The van der Waals surface area contributed by atoms with E-state index in [4.69, 9.17) is 15.2 Å². The van der Waals surface area contributed by atoms with Crippen LogP contribution in [0.3, 0.4) is 0 Å². The molecule has 0 bridgehead atoms. The third kappa shape index (κ3) is 11.4. The van der Waals surface area contributed by atoms with E-state index in [1.807, 2.05) is 96.9 Å². The fourth-order valence-corrected chi connectivity index (χ4v) is 8.26. The number of nitrogens with one attached hydrogen (secondary N) is 2. The number of nitrogens with two attached hydrogens (primary N) is 1. The molecule has 0 radical (unpaired) electrons. The van der Waals surface area contributed by atoms with Crippen molar-refractivity contribution in [3.63, 3.8) is 0 Å². The van der Waals surface area contributed by atoms with Gasteiger partial charge in [0.15, 0.2) is 5.78 Å². The van der Waals surface area contributed by atoms with Crippen molar-refractivity contribution >= 4 is 40.2 Å². The first-order valence-corrected chi connectivity index (χ1v) is 20.0. The Bertz CT molecular complexity index is 1640. The summed E-state index contributed by atoms with van der Waals surface area (Å²) >= 11 is 0. The van der Waals surface area contributed by atoms with E-state index < -0.39 is 42.3 Å². The van der Waals surface area contributed by atoms with Crippen molar-refractivity contribution in [3.05, 3.63) is 48.0 Å². The minimum absolute atomic E-state index is 0.0326. The molecule has 0 unspecified atom stereocenters. The SMILES string of the molecule is CC[C@H](C)[C@@H]([C@@H](CC(=O)N1C[C@@H](N)C[C@H]1[C@H](OC)[C@@H](C)C(=O)NCC(=O)c1ccc2ccccc2c1)OC)N(C)C(=O)[C@@H](NC(=O)[C@H](C(C)C)N(C)C)C(C)C. The van der Waals surface area contributed by atoms with E-state index in [1.165, 1.54) is 14.2 Å². The largest absolute Gasteiger partial charge is 0.379 e. The van der Waals surface area contributed by atoms with Gasteiger partial charge in [-0.15, -0.1) is 0 Å². The number of benzene rings is 2. The van der Waals surface area contributed by atoms with Crippen LogP contribution in [0, 0.1) is 23.7 Å². The number of amides is 4. The van der Waals surface area contributed by atoms with Crippen LogP contribution < -0.4 is 16.4 Å². The Labute approximate surface area is 334 Å². The molecule has 56 heavy (non-hydrogen) atoms. The van der Waals surface area contributed by atoms with Gasteiger partial charge in [0.05, 0.1) is 49.2 Å². The van der Waals surface area contributed by atoms with Gasteiger partial charge in [-0.2, -0.15) is 0 Å².